The zero-order valence-corrected chi connectivity index (χ0v) is 19.1. The first kappa shape index (κ1) is 21.4. The quantitative estimate of drug-likeness (QED) is 0.623. The molecular formula is C23H27N5O2S. The van der Waals surface area contributed by atoms with Gasteiger partial charge in [-0.2, -0.15) is 4.31 Å². The van der Waals surface area contributed by atoms with Crippen LogP contribution in [0.15, 0.2) is 47.5 Å². The summed E-state index contributed by atoms with van der Waals surface area (Å²) in [5.74, 6) is 1.43. The molecule has 0 radical (unpaired) electrons. The second kappa shape index (κ2) is 8.36. The summed E-state index contributed by atoms with van der Waals surface area (Å²) in [5, 5.41) is 0. The molecule has 0 atom stereocenters. The topological polar surface area (TPSA) is 79.3 Å². The average Bonchev–Trinajstić information content (AvgIpc) is 2.76. The van der Waals surface area contributed by atoms with Crippen molar-refractivity contribution in [2.45, 2.75) is 32.6 Å². The molecule has 31 heavy (non-hydrogen) atoms. The fraction of sp³-hybridized carbons (Fsp3) is 0.348. The highest BCUT2D eigenvalue weighted by molar-refractivity contribution is 7.89. The van der Waals surface area contributed by atoms with Gasteiger partial charge >= 0.3 is 0 Å². The first-order valence-electron chi connectivity index (χ1n) is 10.4. The predicted octanol–water partition coefficient (Wildman–Crippen LogP) is 3.28. The minimum atomic E-state index is -3.52. The summed E-state index contributed by atoms with van der Waals surface area (Å²) in [6.07, 6.45) is 1.73. The van der Waals surface area contributed by atoms with Crippen molar-refractivity contribution in [1.29, 1.82) is 0 Å². The van der Waals surface area contributed by atoms with Gasteiger partial charge in [0.15, 0.2) is 5.82 Å². The van der Waals surface area contributed by atoms with Gasteiger partial charge in [0.25, 0.3) is 0 Å². The van der Waals surface area contributed by atoms with Crippen molar-refractivity contribution in [2.75, 3.05) is 31.1 Å². The molecule has 162 valence electrons. The molecule has 1 fully saturated rings. The van der Waals surface area contributed by atoms with Crippen LogP contribution in [0.2, 0.25) is 0 Å². The van der Waals surface area contributed by atoms with E-state index in [1.807, 2.05) is 58.0 Å². The first-order chi connectivity index (χ1) is 14.8. The maximum Gasteiger partial charge on any atom is 0.243 e. The van der Waals surface area contributed by atoms with Crippen molar-refractivity contribution in [3.05, 3.63) is 65.0 Å². The lowest BCUT2D eigenvalue weighted by molar-refractivity contribution is 0.383. The molecule has 3 aromatic rings. The van der Waals surface area contributed by atoms with Crippen molar-refractivity contribution in [1.82, 2.24) is 19.3 Å². The van der Waals surface area contributed by atoms with Crippen LogP contribution in [0.5, 0.6) is 0 Å². The van der Waals surface area contributed by atoms with E-state index in [4.69, 9.17) is 4.98 Å². The van der Waals surface area contributed by atoms with Crippen LogP contribution in [0.1, 0.15) is 22.4 Å². The molecule has 0 N–H and O–H groups in total. The number of pyridine rings is 1. The number of rotatable bonds is 4. The predicted molar refractivity (Wildman–Crippen MR) is 122 cm³/mol. The van der Waals surface area contributed by atoms with E-state index >= 15 is 0 Å². The van der Waals surface area contributed by atoms with Gasteiger partial charge < -0.3 is 4.90 Å². The molecule has 0 saturated carbocycles. The number of hydrogen-bond acceptors (Lipinski definition) is 6. The zero-order valence-electron chi connectivity index (χ0n) is 18.3. The Labute approximate surface area is 183 Å². The monoisotopic (exact) mass is 437 g/mol. The number of nitrogens with zero attached hydrogens (tertiary/aromatic N) is 5. The normalized spacial score (nSPS) is 15.3. The molecule has 3 heterocycles. The Balaban J connectivity index is 1.57. The Morgan fingerprint density at radius 2 is 1.65 bits per heavy atom. The van der Waals surface area contributed by atoms with Gasteiger partial charge in [-0.05, 0) is 51.5 Å². The second-order valence-corrected chi connectivity index (χ2v) is 9.86. The minimum Gasteiger partial charge on any atom is -0.354 e. The van der Waals surface area contributed by atoms with Crippen LogP contribution in [-0.2, 0) is 10.0 Å². The highest BCUT2D eigenvalue weighted by Crippen LogP contribution is 2.27. The van der Waals surface area contributed by atoms with Crippen LogP contribution in [-0.4, -0.2) is 53.9 Å². The molecule has 0 spiro atoms. The van der Waals surface area contributed by atoms with E-state index in [2.05, 4.69) is 14.9 Å². The molecule has 2 aromatic heterocycles. The first-order valence-corrected chi connectivity index (χ1v) is 11.8. The van der Waals surface area contributed by atoms with Crippen molar-refractivity contribution in [3.63, 3.8) is 0 Å². The Morgan fingerprint density at radius 1 is 0.903 bits per heavy atom. The zero-order chi connectivity index (χ0) is 22.2. The third-order valence-electron chi connectivity index (χ3n) is 5.74. The number of sulfonamides is 1. The van der Waals surface area contributed by atoms with E-state index in [0.29, 0.717) is 36.9 Å². The Morgan fingerprint density at radius 3 is 2.29 bits per heavy atom. The number of aromatic nitrogens is 3. The van der Waals surface area contributed by atoms with Crippen LogP contribution in [0.4, 0.5) is 5.82 Å². The van der Waals surface area contributed by atoms with Gasteiger partial charge in [0.1, 0.15) is 11.5 Å². The average molecular weight is 438 g/mol. The van der Waals surface area contributed by atoms with Crippen LogP contribution in [0.25, 0.3) is 11.5 Å². The van der Waals surface area contributed by atoms with Crippen LogP contribution in [0.3, 0.4) is 0 Å². The standard InChI is InChI=1S/C23H27N5O2S/c1-16-8-9-21(17(2)15-16)31(29,30)28-13-11-27(12-14-28)23-18(3)19(4)25-22(26-23)20-7-5-6-10-24-20/h5-10,15H,11-14H2,1-4H3. The summed E-state index contributed by atoms with van der Waals surface area (Å²) in [5.41, 5.74) is 4.47. The fourth-order valence-corrected chi connectivity index (χ4v) is 5.53. The van der Waals surface area contributed by atoms with Gasteiger partial charge in [0.05, 0.1) is 4.90 Å². The summed E-state index contributed by atoms with van der Waals surface area (Å²) in [4.78, 5) is 16.3. The molecule has 0 amide bonds. The van der Waals surface area contributed by atoms with E-state index in [0.717, 1.165) is 33.9 Å². The van der Waals surface area contributed by atoms with Crippen LogP contribution >= 0.6 is 0 Å². The molecule has 0 aliphatic carbocycles. The van der Waals surface area contributed by atoms with Gasteiger partial charge in [-0.25, -0.2) is 18.4 Å². The smallest absolute Gasteiger partial charge is 0.243 e. The molecule has 8 heteroatoms. The van der Waals surface area contributed by atoms with Gasteiger partial charge in [-0.1, -0.05) is 23.8 Å². The van der Waals surface area contributed by atoms with Crippen LogP contribution in [0, 0.1) is 27.7 Å². The number of benzene rings is 1. The van der Waals surface area contributed by atoms with Crippen molar-refractivity contribution in [2.24, 2.45) is 0 Å². The molecule has 1 aliphatic heterocycles. The third kappa shape index (κ3) is 4.18. The van der Waals surface area contributed by atoms with E-state index < -0.39 is 10.0 Å². The highest BCUT2D eigenvalue weighted by Gasteiger charge is 2.30. The molecule has 7 nitrogen and oxygen atoms in total. The SMILES string of the molecule is Cc1ccc(S(=O)(=O)N2CCN(c3nc(-c4ccccn4)nc(C)c3C)CC2)c(C)c1. The van der Waals surface area contributed by atoms with Crippen molar-refractivity contribution >= 4 is 15.8 Å². The minimum absolute atomic E-state index is 0.387. The molecule has 1 saturated heterocycles. The second-order valence-electron chi connectivity index (χ2n) is 7.96. The van der Waals surface area contributed by atoms with Gasteiger partial charge in [0.2, 0.25) is 10.0 Å². The lowest BCUT2D eigenvalue weighted by Crippen LogP contribution is -2.49. The summed E-state index contributed by atoms with van der Waals surface area (Å²) in [6, 6.07) is 11.1. The molecular weight excluding hydrogens is 410 g/mol. The largest absolute Gasteiger partial charge is 0.354 e. The Kier molecular flexibility index (Phi) is 5.77. The lowest BCUT2D eigenvalue weighted by Gasteiger charge is -2.35. The molecule has 1 aliphatic rings. The number of aryl methyl sites for hydroxylation is 3. The van der Waals surface area contributed by atoms with E-state index in [1.54, 1.807) is 16.6 Å². The van der Waals surface area contributed by atoms with Gasteiger partial charge in [0, 0.05) is 43.6 Å². The van der Waals surface area contributed by atoms with Gasteiger partial charge in [-0.15, -0.1) is 0 Å². The molecule has 1 aromatic carbocycles. The molecule has 0 bridgehead atoms. The van der Waals surface area contributed by atoms with Crippen molar-refractivity contribution in [3.8, 4) is 11.5 Å². The summed E-state index contributed by atoms with van der Waals surface area (Å²) in [6.45, 7) is 9.76. The Hall–Kier alpha value is -2.84. The van der Waals surface area contributed by atoms with Crippen LogP contribution < -0.4 is 4.90 Å². The fourth-order valence-electron chi connectivity index (χ4n) is 3.90. The molecule has 0 unspecified atom stereocenters. The van der Waals surface area contributed by atoms with Crippen molar-refractivity contribution < 1.29 is 8.42 Å². The van der Waals surface area contributed by atoms with E-state index in [9.17, 15) is 8.42 Å². The summed E-state index contributed by atoms with van der Waals surface area (Å²) < 4.78 is 28.0. The van der Waals surface area contributed by atoms with E-state index in [-0.39, 0.29) is 0 Å². The summed E-state index contributed by atoms with van der Waals surface area (Å²) >= 11 is 0. The number of anilines is 1. The van der Waals surface area contributed by atoms with E-state index in [1.165, 1.54) is 0 Å². The Bertz CT molecular complexity index is 1200. The molecule has 4 rings (SSSR count). The van der Waals surface area contributed by atoms with Gasteiger partial charge in [-0.3, -0.25) is 4.98 Å². The summed E-state index contributed by atoms with van der Waals surface area (Å²) in [7, 11) is -3.52. The number of piperazine rings is 1. The highest BCUT2D eigenvalue weighted by atomic mass is 32.2. The maximum atomic E-state index is 13.2. The maximum absolute atomic E-state index is 13.2. The lowest BCUT2D eigenvalue weighted by atomic mass is 10.2. The third-order valence-corrected chi connectivity index (χ3v) is 7.80. The number of hydrogen-bond donors (Lipinski definition) is 0.